The molecule has 8 nitrogen and oxygen atoms in total. The summed E-state index contributed by atoms with van der Waals surface area (Å²) in [6, 6.07) is 12.6. The van der Waals surface area contributed by atoms with Gasteiger partial charge in [0, 0.05) is 38.0 Å². The number of benzene rings is 2. The second-order valence-electron chi connectivity index (χ2n) is 11.8. The van der Waals surface area contributed by atoms with Gasteiger partial charge >= 0.3 is 6.09 Å². The molecule has 0 N–H and O–H groups in total. The van der Waals surface area contributed by atoms with E-state index in [0.29, 0.717) is 45.5 Å². The van der Waals surface area contributed by atoms with Crippen LogP contribution in [0.15, 0.2) is 36.4 Å². The third-order valence-electron chi connectivity index (χ3n) is 8.86. The molecule has 1 fully saturated rings. The number of aromatic nitrogens is 2. The zero-order valence-electron chi connectivity index (χ0n) is 23.3. The molecule has 2 heterocycles. The number of ketones is 1. The fraction of sp³-hybridized carbons (Fsp3) is 0.516. The monoisotopic (exact) mass is 563 g/mol. The molecule has 212 valence electrons. The van der Waals surface area contributed by atoms with E-state index in [1.54, 1.807) is 11.8 Å². The van der Waals surface area contributed by atoms with Gasteiger partial charge in [0.05, 0.1) is 29.4 Å². The lowest BCUT2D eigenvalue weighted by Crippen LogP contribution is -2.65. The van der Waals surface area contributed by atoms with Crippen LogP contribution in [0.2, 0.25) is 0 Å². The average Bonchev–Trinajstić information content (AvgIpc) is 3.24. The van der Waals surface area contributed by atoms with E-state index >= 15 is 0 Å². The zero-order valence-corrected chi connectivity index (χ0v) is 24.1. The molecule has 2 aliphatic carbocycles. The van der Waals surface area contributed by atoms with Gasteiger partial charge in [0.15, 0.2) is 5.78 Å². The minimum absolute atomic E-state index is 0.128. The number of sulfone groups is 1. The Balaban J connectivity index is 1.38. The summed E-state index contributed by atoms with van der Waals surface area (Å²) < 4.78 is 31.1. The van der Waals surface area contributed by atoms with E-state index in [1.165, 1.54) is 11.9 Å². The lowest BCUT2D eigenvalue weighted by Gasteiger charge is -2.52. The van der Waals surface area contributed by atoms with Crippen molar-refractivity contribution in [2.75, 3.05) is 31.7 Å². The molecule has 1 amide bonds. The molecule has 1 atom stereocenters. The van der Waals surface area contributed by atoms with Gasteiger partial charge in [0.1, 0.15) is 15.7 Å². The molecule has 2 aromatic carbocycles. The van der Waals surface area contributed by atoms with Crippen molar-refractivity contribution in [3.63, 3.8) is 0 Å². The molecule has 1 unspecified atom stereocenters. The Labute approximate surface area is 235 Å². The number of Topliss-reactive ketones (excluding diaryl/α,β-unsaturated/α-hetero) is 1. The Hall–Kier alpha value is -3.20. The summed E-state index contributed by atoms with van der Waals surface area (Å²) in [4.78, 5) is 33.5. The highest BCUT2D eigenvalue weighted by molar-refractivity contribution is 7.90. The summed E-state index contributed by atoms with van der Waals surface area (Å²) in [6.45, 7) is 3.41. The number of aryl methyl sites for hydroxylation is 1. The first kappa shape index (κ1) is 27.0. The second-order valence-corrected chi connectivity index (χ2v) is 14.1. The van der Waals surface area contributed by atoms with Crippen molar-refractivity contribution in [2.24, 2.45) is 5.41 Å². The molecule has 3 aromatic rings. The maximum absolute atomic E-state index is 14.4. The quantitative estimate of drug-likeness (QED) is 0.426. The maximum Gasteiger partial charge on any atom is 0.409 e. The number of likely N-dealkylation sites (tertiary alicyclic amines) is 1. The normalized spacial score (nSPS) is 19.8. The van der Waals surface area contributed by atoms with Crippen molar-refractivity contribution in [3.8, 4) is 0 Å². The summed E-state index contributed by atoms with van der Waals surface area (Å²) in [5.74, 6) is 0.787. The predicted octanol–water partition coefficient (Wildman–Crippen LogP) is 4.26. The number of ether oxygens (including phenoxy) is 1. The molecule has 1 spiro atoms. The van der Waals surface area contributed by atoms with Crippen molar-refractivity contribution in [1.82, 2.24) is 14.5 Å². The SMILES string of the molecule is CCOC(=O)N1CC2(Cc3cc4ccccc4cc3C(Cc3nc4c(n3CCCS(C)(=O)=O)CCCC4)C2=O)C1. The predicted molar refractivity (Wildman–Crippen MR) is 153 cm³/mol. The fourth-order valence-electron chi connectivity index (χ4n) is 6.99. The molecule has 0 saturated carbocycles. The van der Waals surface area contributed by atoms with Crippen molar-refractivity contribution in [3.05, 3.63) is 64.7 Å². The van der Waals surface area contributed by atoms with E-state index in [0.717, 1.165) is 59.1 Å². The van der Waals surface area contributed by atoms with Crippen LogP contribution >= 0.6 is 0 Å². The summed E-state index contributed by atoms with van der Waals surface area (Å²) in [7, 11) is -3.07. The van der Waals surface area contributed by atoms with Gasteiger partial charge in [-0.3, -0.25) is 4.79 Å². The topological polar surface area (TPSA) is 98.6 Å². The van der Waals surface area contributed by atoms with E-state index in [9.17, 15) is 18.0 Å². The lowest BCUT2D eigenvalue weighted by atomic mass is 9.61. The first-order valence-electron chi connectivity index (χ1n) is 14.4. The Morgan fingerprint density at radius 2 is 1.85 bits per heavy atom. The molecule has 1 aliphatic heterocycles. The Morgan fingerprint density at radius 3 is 2.58 bits per heavy atom. The average molecular weight is 564 g/mol. The van der Waals surface area contributed by atoms with Crippen LogP contribution in [0, 0.1) is 5.41 Å². The van der Waals surface area contributed by atoms with Gasteiger partial charge < -0.3 is 14.2 Å². The number of imidazole rings is 1. The van der Waals surface area contributed by atoms with Gasteiger partial charge in [-0.25, -0.2) is 18.2 Å². The summed E-state index contributed by atoms with van der Waals surface area (Å²) >= 11 is 0. The fourth-order valence-corrected chi connectivity index (χ4v) is 7.64. The van der Waals surface area contributed by atoms with Crippen LogP contribution < -0.4 is 0 Å². The third kappa shape index (κ3) is 4.93. The number of nitrogens with zero attached hydrogens (tertiary/aromatic N) is 3. The third-order valence-corrected chi connectivity index (χ3v) is 9.89. The van der Waals surface area contributed by atoms with Gasteiger partial charge in [0.25, 0.3) is 0 Å². The largest absolute Gasteiger partial charge is 0.450 e. The highest BCUT2D eigenvalue weighted by atomic mass is 32.2. The number of carbonyl (C=O) groups is 2. The van der Waals surface area contributed by atoms with E-state index in [4.69, 9.17) is 9.72 Å². The second kappa shape index (κ2) is 10.3. The molecule has 6 rings (SSSR count). The molecule has 1 aromatic heterocycles. The van der Waals surface area contributed by atoms with Crippen LogP contribution in [0.25, 0.3) is 10.8 Å². The van der Waals surface area contributed by atoms with Crippen LogP contribution in [-0.4, -0.2) is 66.5 Å². The zero-order chi connectivity index (χ0) is 28.1. The minimum Gasteiger partial charge on any atom is -0.450 e. The molecular weight excluding hydrogens is 526 g/mol. The standard InChI is InChI=1S/C31H37N3O5S/c1-3-39-30(36)33-19-31(20-33)18-23-15-21-9-4-5-10-22(21)16-24(23)25(29(31)35)17-28-32-26-11-6-7-12-27(26)34(28)13-8-14-40(2,37)38/h4-5,9-10,15-16,25H,3,6-8,11-14,17-20H2,1-2H3. The van der Waals surface area contributed by atoms with Crippen LogP contribution in [0.1, 0.15) is 60.4 Å². The number of carbonyl (C=O) groups excluding carboxylic acids is 2. The highest BCUT2D eigenvalue weighted by Gasteiger charge is 2.56. The van der Waals surface area contributed by atoms with Crippen LogP contribution in [0.4, 0.5) is 4.79 Å². The Morgan fingerprint density at radius 1 is 1.12 bits per heavy atom. The van der Waals surface area contributed by atoms with Gasteiger partial charge in [-0.15, -0.1) is 0 Å². The van der Waals surface area contributed by atoms with Gasteiger partial charge in [-0.1, -0.05) is 36.4 Å². The first-order chi connectivity index (χ1) is 19.2. The van der Waals surface area contributed by atoms with Gasteiger partial charge in [-0.2, -0.15) is 0 Å². The number of fused-ring (bicyclic) bond motifs is 3. The van der Waals surface area contributed by atoms with Crippen LogP contribution in [-0.2, 0) is 51.6 Å². The Kier molecular flexibility index (Phi) is 6.97. The molecule has 3 aliphatic rings. The van der Waals surface area contributed by atoms with Gasteiger partial charge in [-0.05, 0) is 67.3 Å². The Bertz CT molecular complexity index is 1590. The number of hydrogen-bond acceptors (Lipinski definition) is 6. The van der Waals surface area contributed by atoms with Crippen molar-refractivity contribution >= 4 is 32.5 Å². The van der Waals surface area contributed by atoms with E-state index in [-0.39, 0.29) is 23.5 Å². The van der Waals surface area contributed by atoms with Gasteiger partial charge in [0.2, 0.25) is 0 Å². The van der Waals surface area contributed by atoms with Crippen molar-refractivity contribution in [2.45, 2.75) is 64.3 Å². The van der Waals surface area contributed by atoms with E-state index in [2.05, 4.69) is 28.8 Å². The number of rotatable bonds is 7. The van der Waals surface area contributed by atoms with Crippen LogP contribution in [0.3, 0.4) is 0 Å². The molecule has 0 bridgehead atoms. The highest BCUT2D eigenvalue weighted by Crippen LogP contribution is 2.47. The summed E-state index contributed by atoms with van der Waals surface area (Å²) in [5, 5.41) is 2.25. The first-order valence-corrected chi connectivity index (χ1v) is 16.5. The van der Waals surface area contributed by atoms with E-state index < -0.39 is 15.3 Å². The van der Waals surface area contributed by atoms with Crippen molar-refractivity contribution < 1.29 is 22.7 Å². The maximum atomic E-state index is 14.4. The smallest absolute Gasteiger partial charge is 0.409 e. The molecule has 9 heteroatoms. The van der Waals surface area contributed by atoms with E-state index in [1.807, 2.05) is 12.1 Å². The lowest BCUT2D eigenvalue weighted by molar-refractivity contribution is -0.140. The van der Waals surface area contributed by atoms with Crippen LogP contribution in [0.5, 0.6) is 0 Å². The number of hydrogen-bond donors (Lipinski definition) is 0. The molecule has 1 saturated heterocycles. The van der Waals surface area contributed by atoms with Crippen molar-refractivity contribution in [1.29, 1.82) is 0 Å². The molecular formula is C31H37N3O5S. The molecule has 40 heavy (non-hydrogen) atoms. The molecule has 0 radical (unpaired) electrons. The minimum atomic E-state index is -3.07. The summed E-state index contributed by atoms with van der Waals surface area (Å²) in [6.07, 6.45) is 6.54. The summed E-state index contributed by atoms with van der Waals surface area (Å²) in [5.41, 5.74) is 3.87. The number of amides is 1.